The Kier molecular flexibility index (Phi) is 5.14. The minimum Gasteiger partial charge on any atom is -0.441 e. The number of rotatable bonds is 6. The Hall–Kier alpha value is -3.15. The lowest BCUT2D eigenvalue weighted by molar-refractivity contribution is -0.116. The van der Waals surface area contributed by atoms with Crippen LogP contribution >= 0.6 is 0 Å². The molecular formula is C21H22N4O2. The van der Waals surface area contributed by atoms with Gasteiger partial charge in [0.2, 0.25) is 5.91 Å². The lowest BCUT2D eigenvalue weighted by Gasteiger charge is -2.16. The number of oxazole rings is 1. The van der Waals surface area contributed by atoms with Gasteiger partial charge in [0.05, 0.1) is 18.1 Å². The molecule has 3 aromatic rings. The summed E-state index contributed by atoms with van der Waals surface area (Å²) in [6, 6.07) is 13.7. The van der Waals surface area contributed by atoms with E-state index in [2.05, 4.69) is 20.2 Å². The Labute approximate surface area is 158 Å². The van der Waals surface area contributed by atoms with E-state index >= 15 is 0 Å². The van der Waals surface area contributed by atoms with Crippen molar-refractivity contribution >= 4 is 17.4 Å². The summed E-state index contributed by atoms with van der Waals surface area (Å²) < 4.78 is 5.73. The summed E-state index contributed by atoms with van der Waals surface area (Å²) in [6.45, 7) is 2.11. The molecule has 6 nitrogen and oxygen atoms in total. The molecule has 1 aromatic carbocycles. The van der Waals surface area contributed by atoms with E-state index in [9.17, 15) is 4.79 Å². The third kappa shape index (κ3) is 4.34. The first-order valence-electron chi connectivity index (χ1n) is 9.29. The van der Waals surface area contributed by atoms with E-state index in [0.29, 0.717) is 30.2 Å². The maximum Gasteiger partial charge on any atom is 0.224 e. The fraction of sp³-hybridized carbons (Fsp3) is 0.286. The number of hydrogen-bond acceptors (Lipinski definition) is 5. The Morgan fingerprint density at radius 1 is 1.04 bits per heavy atom. The predicted octanol–water partition coefficient (Wildman–Crippen LogP) is 3.91. The van der Waals surface area contributed by atoms with Crippen LogP contribution in [0.4, 0.5) is 11.5 Å². The zero-order valence-electron chi connectivity index (χ0n) is 15.1. The number of carbonyl (C=O) groups is 1. The first-order chi connectivity index (χ1) is 13.3. The smallest absolute Gasteiger partial charge is 0.224 e. The number of nitrogens with one attached hydrogen (secondary N) is 1. The van der Waals surface area contributed by atoms with Crippen LogP contribution in [-0.2, 0) is 11.2 Å². The van der Waals surface area contributed by atoms with Crippen molar-refractivity contribution in [3.63, 3.8) is 0 Å². The van der Waals surface area contributed by atoms with Crippen LogP contribution in [0.3, 0.4) is 0 Å². The number of pyridine rings is 1. The van der Waals surface area contributed by atoms with Gasteiger partial charge in [-0.2, -0.15) is 0 Å². The topological polar surface area (TPSA) is 71.3 Å². The molecule has 0 aliphatic carbocycles. The second-order valence-electron chi connectivity index (χ2n) is 6.63. The Bertz CT molecular complexity index is 884. The molecule has 0 atom stereocenters. The molecule has 3 heterocycles. The van der Waals surface area contributed by atoms with Crippen LogP contribution in [0, 0.1) is 0 Å². The number of aromatic nitrogens is 2. The fourth-order valence-corrected chi connectivity index (χ4v) is 3.20. The predicted molar refractivity (Wildman–Crippen MR) is 105 cm³/mol. The van der Waals surface area contributed by atoms with Gasteiger partial charge in [0.15, 0.2) is 11.7 Å². The molecule has 0 bridgehead atoms. The number of carbonyl (C=O) groups excluding carboxylic acids is 1. The normalized spacial score (nSPS) is 13.7. The minimum absolute atomic E-state index is 0.0785. The quantitative estimate of drug-likeness (QED) is 0.720. The van der Waals surface area contributed by atoms with Gasteiger partial charge in [0, 0.05) is 31.5 Å². The van der Waals surface area contributed by atoms with Crippen LogP contribution in [0.2, 0.25) is 0 Å². The van der Waals surface area contributed by atoms with Gasteiger partial charge in [-0.25, -0.2) is 9.97 Å². The van der Waals surface area contributed by atoms with Crippen LogP contribution in [0.25, 0.3) is 11.3 Å². The monoisotopic (exact) mass is 362 g/mol. The maximum atomic E-state index is 12.2. The minimum atomic E-state index is -0.0785. The number of amides is 1. The summed E-state index contributed by atoms with van der Waals surface area (Å²) in [5.41, 5.74) is 1.69. The Morgan fingerprint density at radius 2 is 1.85 bits per heavy atom. The molecule has 1 aliphatic rings. The van der Waals surface area contributed by atoms with Crippen molar-refractivity contribution in [3.05, 3.63) is 60.7 Å². The van der Waals surface area contributed by atoms with Gasteiger partial charge in [-0.1, -0.05) is 30.3 Å². The lowest BCUT2D eigenvalue weighted by Crippen LogP contribution is -2.19. The number of hydrogen-bond donors (Lipinski definition) is 1. The molecule has 0 radical (unpaired) electrons. The van der Waals surface area contributed by atoms with Crippen molar-refractivity contribution in [2.75, 3.05) is 23.3 Å². The number of benzene rings is 1. The summed E-state index contributed by atoms with van der Waals surface area (Å²) in [5.74, 6) is 2.17. The van der Waals surface area contributed by atoms with Crippen molar-refractivity contribution in [1.82, 2.24) is 9.97 Å². The van der Waals surface area contributed by atoms with Crippen LogP contribution in [0.15, 0.2) is 59.3 Å². The molecule has 4 rings (SSSR count). The number of aryl methyl sites for hydroxylation is 1. The highest BCUT2D eigenvalue weighted by Crippen LogP contribution is 2.21. The van der Waals surface area contributed by atoms with Crippen LogP contribution in [0.1, 0.15) is 25.2 Å². The molecule has 1 amide bonds. The third-order valence-corrected chi connectivity index (χ3v) is 4.64. The van der Waals surface area contributed by atoms with Gasteiger partial charge in [-0.3, -0.25) is 4.79 Å². The average molecular weight is 362 g/mol. The van der Waals surface area contributed by atoms with Crippen LogP contribution < -0.4 is 10.2 Å². The molecule has 2 aromatic heterocycles. The molecule has 138 valence electrons. The molecule has 0 unspecified atom stereocenters. The van der Waals surface area contributed by atoms with Crippen LogP contribution in [-0.4, -0.2) is 29.0 Å². The average Bonchev–Trinajstić information content (AvgIpc) is 3.40. The molecule has 0 saturated carbocycles. The third-order valence-electron chi connectivity index (χ3n) is 4.64. The molecular weight excluding hydrogens is 340 g/mol. The fourth-order valence-electron chi connectivity index (χ4n) is 3.20. The van der Waals surface area contributed by atoms with Crippen molar-refractivity contribution in [2.45, 2.75) is 25.7 Å². The van der Waals surface area contributed by atoms with Crippen molar-refractivity contribution in [2.24, 2.45) is 0 Å². The Morgan fingerprint density at radius 3 is 2.59 bits per heavy atom. The van der Waals surface area contributed by atoms with Crippen molar-refractivity contribution < 1.29 is 9.21 Å². The zero-order valence-corrected chi connectivity index (χ0v) is 15.1. The van der Waals surface area contributed by atoms with Crippen LogP contribution in [0.5, 0.6) is 0 Å². The summed E-state index contributed by atoms with van der Waals surface area (Å²) >= 11 is 0. The van der Waals surface area contributed by atoms with E-state index < -0.39 is 0 Å². The molecule has 1 fully saturated rings. The van der Waals surface area contributed by atoms with E-state index in [1.807, 2.05) is 42.5 Å². The lowest BCUT2D eigenvalue weighted by atomic mass is 10.2. The number of nitrogens with zero attached hydrogens (tertiary/aromatic N) is 3. The van der Waals surface area contributed by atoms with E-state index in [1.165, 1.54) is 12.8 Å². The second-order valence-corrected chi connectivity index (χ2v) is 6.63. The van der Waals surface area contributed by atoms with Gasteiger partial charge in [-0.15, -0.1) is 0 Å². The highest BCUT2D eigenvalue weighted by molar-refractivity contribution is 5.90. The zero-order chi connectivity index (χ0) is 18.5. The first-order valence-corrected chi connectivity index (χ1v) is 9.29. The van der Waals surface area contributed by atoms with E-state index in [1.54, 1.807) is 12.4 Å². The molecule has 27 heavy (non-hydrogen) atoms. The van der Waals surface area contributed by atoms with Gasteiger partial charge in [0.1, 0.15) is 5.82 Å². The largest absolute Gasteiger partial charge is 0.441 e. The summed E-state index contributed by atoms with van der Waals surface area (Å²) in [6.07, 6.45) is 6.61. The van der Waals surface area contributed by atoms with E-state index in [0.717, 1.165) is 24.5 Å². The molecule has 1 N–H and O–H groups in total. The van der Waals surface area contributed by atoms with Gasteiger partial charge >= 0.3 is 0 Å². The maximum absolute atomic E-state index is 12.2. The second kappa shape index (κ2) is 8.03. The highest BCUT2D eigenvalue weighted by Gasteiger charge is 2.13. The van der Waals surface area contributed by atoms with E-state index in [4.69, 9.17) is 4.42 Å². The molecule has 0 spiro atoms. The van der Waals surface area contributed by atoms with Gasteiger partial charge in [-0.05, 0) is 25.0 Å². The van der Waals surface area contributed by atoms with Crippen molar-refractivity contribution in [1.29, 1.82) is 0 Å². The molecule has 1 aliphatic heterocycles. The van der Waals surface area contributed by atoms with Gasteiger partial charge < -0.3 is 14.6 Å². The van der Waals surface area contributed by atoms with Crippen molar-refractivity contribution in [3.8, 4) is 11.3 Å². The summed E-state index contributed by atoms with van der Waals surface area (Å²) in [7, 11) is 0. The first kappa shape index (κ1) is 17.3. The van der Waals surface area contributed by atoms with Gasteiger partial charge in [0.25, 0.3) is 0 Å². The standard InChI is InChI=1S/C21H22N4O2/c26-20(24-17-8-9-19(22-14-17)25-12-4-5-13-25)10-11-21-23-15-18(27-21)16-6-2-1-3-7-16/h1-3,6-9,14-15H,4-5,10-13H2,(H,24,26). The highest BCUT2D eigenvalue weighted by atomic mass is 16.4. The molecule has 1 saturated heterocycles. The SMILES string of the molecule is O=C(CCc1ncc(-c2ccccc2)o1)Nc1ccc(N2CCCC2)nc1. The number of anilines is 2. The summed E-state index contributed by atoms with van der Waals surface area (Å²) in [4.78, 5) is 23.2. The Balaban J connectivity index is 1.29. The summed E-state index contributed by atoms with van der Waals surface area (Å²) in [5, 5.41) is 2.88. The molecule has 6 heteroatoms. The van der Waals surface area contributed by atoms with E-state index in [-0.39, 0.29) is 5.91 Å².